The minimum absolute atomic E-state index is 0.0327. The molecule has 0 saturated heterocycles. The molecule has 0 aliphatic heterocycles. The van der Waals surface area contributed by atoms with Crippen molar-refractivity contribution < 1.29 is 4.79 Å². The third kappa shape index (κ3) is 4.65. The van der Waals surface area contributed by atoms with Crippen molar-refractivity contribution in [1.82, 2.24) is 4.57 Å². The van der Waals surface area contributed by atoms with Crippen LogP contribution in [0.5, 0.6) is 0 Å². The Balaban J connectivity index is 1.49. The van der Waals surface area contributed by atoms with Crippen molar-refractivity contribution in [3.63, 3.8) is 0 Å². The molecular formula is C29H19Cl2N3O. The predicted molar refractivity (Wildman–Crippen MR) is 144 cm³/mol. The second-order valence-corrected chi connectivity index (χ2v) is 8.92. The molecular weight excluding hydrogens is 477 g/mol. The van der Waals surface area contributed by atoms with E-state index in [4.69, 9.17) is 23.2 Å². The molecule has 35 heavy (non-hydrogen) atoms. The van der Waals surface area contributed by atoms with Crippen molar-refractivity contribution in [3.8, 4) is 6.07 Å². The molecule has 0 fully saturated rings. The van der Waals surface area contributed by atoms with E-state index >= 15 is 0 Å². The number of hydrogen-bond acceptors (Lipinski definition) is 2. The Kier molecular flexibility index (Phi) is 6.29. The fraction of sp³-hybridized carbons (Fsp3) is 0.0345. The molecule has 0 atom stereocenters. The van der Waals surface area contributed by atoms with E-state index in [-0.39, 0.29) is 10.6 Å². The predicted octanol–water partition coefficient (Wildman–Crippen LogP) is 7.70. The van der Waals surface area contributed by atoms with Crippen LogP contribution in [-0.4, -0.2) is 10.5 Å². The van der Waals surface area contributed by atoms with Crippen LogP contribution in [0.25, 0.3) is 27.8 Å². The SMILES string of the molecule is N#C/C(=C/c1cn(Cc2ccc3ccccc3c2)c2ccccc12)C(=O)Nc1cccc(Cl)c1Cl. The van der Waals surface area contributed by atoms with Gasteiger partial charge in [0.05, 0.1) is 15.7 Å². The summed E-state index contributed by atoms with van der Waals surface area (Å²) in [6.07, 6.45) is 3.57. The highest BCUT2D eigenvalue weighted by atomic mass is 35.5. The number of halogens is 2. The van der Waals surface area contributed by atoms with E-state index in [0.717, 1.165) is 22.0 Å². The molecule has 1 aromatic heterocycles. The van der Waals surface area contributed by atoms with Crippen LogP contribution in [0.15, 0.2) is 96.7 Å². The van der Waals surface area contributed by atoms with Gasteiger partial charge in [0.2, 0.25) is 0 Å². The van der Waals surface area contributed by atoms with Gasteiger partial charge in [-0.1, -0.05) is 83.9 Å². The number of anilines is 1. The number of fused-ring (bicyclic) bond motifs is 2. The molecule has 170 valence electrons. The van der Waals surface area contributed by atoms with E-state index in [9.17, 15) is 10.1 Å². The first kappa shape index (κ1) is 22.7. The summed E-state index contributed by atoms with van der Waals surface area (Å²) in [5.74, 6) is -0.553. The van der Waals surface area contributed by atoms with E-state index in [1.165, 1.54) is 10.8 Å². The highest BCUT2D eigenvalue weighted by Gasteiger charge is 2.15. The molecule has 4 nitrogen and oxygen atoms in total. The number of nitrogens with zero attached hydrogens (tertiary/aromatic N) is 2. The zero-order valence-corrected chi connectivity index (χ0v) is 20.0. The van der Waals surface area contributed by atoms with Gasteiger partial charge >= 0.3 is 0 Å². The van der Waals surface area contributed by atoms with Gasteiger partial charge in [-0.15, -0.1) is 0 Å². The molecule has 0 unspecified atom stereocenters. The van der Waals surface area contributed by atoms with E-state index in [0.29, 0.717) is 17.3 Å². The van der Waals surface area contributed by atoms with Crippen molar-refractivity contribution in [2.75, 3.05) is 5.32 Å². The molecule has 1 heterocycles. The summed E-state index contributed by atoms with van der Waals surface area (Å²) in [5.41, 5.74) is 3.28. The standard InChI is InChI=1S/C29H19Cl2N3O/c30-25-9-5-10-26(28(25)31)33-29(35)22(16-32)15-23-18-34(27-11-4-3-8-24(23)27)17-19-12-13-20-6-1-2-7-21(20)14-19/h1-15,18H,17H2,(H,33,35)/b22-15-. The average Bonchev–Trinajstić information content (AvgIpc) is 3.22. The van der Waals surface area contributed by atoms with Gasteiger partial charge in [-0.2, -0.15) is 5.26 Å². The summed E-state index contributed by atoms with van der Waals surface area (Å²) in [7, 11) is 0. The van der Waals surface area contributed by atoms with Crippen LogP contribution < -0.4 is 5.32 Å². The minimum Gasteiger partial charge on any atom is -0.342 e. The number of carbonyl (C=O) groups is 1. The topological polar surface area (TPSA) is 57.8 Å². The van der Waals surface area contributed by atoms with Gasteiger partial charge in [0, 0.05) is 29.2 Å². The van der Waals surface area contributed by atoms with Crippen molar-refractivity contribution in [2.24, 2.45) is 0 Å². The normalized spacial score (nSPS) is 11.5. The van der Waals surface area contributed by atoms with Gasteiger partial charge in [0.15, 0.2) is 0 Å². The van der Waals surface area contributed by atoms with Crippen LogP contribution in [0.2, 0.25) is 10.0 Å². The van der Waals surface area contributed by atoms with Crippen LogP contribution in [0, 0.1) is 11.3 Å². The van der Waals surface area contributed by atoms with Crippen molar-refractivity contribution in [2.45, 2.75) is 6.54 Å². The Hall–Kier alpha value is -4.04. The van der Waals surface area contributed by atoms with Gasteiger partial charge in [0.1, 0.15) is 11.6 Å². The van der Waals surface area contributed by atoms with E-state index in [1.54, 1.807) is 24.3 Å². The number of aromatic nitrogens is 1. The third-order valence-electron chi connectivity index (χ3n) is 5.85. The molecule has 0 bridgehead atoms. The van der Waals surface area contributed by atoms with Crippen LogP contribution >= 0.6 is 23.2 Å². The quantitative estimate of drug-likeness (QED) is 0.200. The Labute approximate surface area is 212 Å². The number of benzene rings is 4. The fourth-order valence-corrected chi connectivity index (χ4v) is 4.50. The van der Waals surface area contributed by atoms with Crippen molar-refractivity contribution in [1.29, 1.82) is 5.26 Å². The lowest BCUT2D eigenvalue weighted by Crippen LogP contribution is -2.13. The molecule has 0 aliphatic rings. The lowest BCUT2D eigenvalue weighted by atomic mass is 10.1. The number of nitrogens with one attached hydrogen (secondary N) is 1. The van der Waals surface area contributed by atoms with Gasteiger partial charge in [0.25, 0.3) is 5.91 Å². The Morgan fingerprint density at radius 2 is 1.71 bits per heavy atom. The first-order valence-corrected chi connectivity index (χ1v) is 11.7. The summed E-state index contributed by atoms with van der Waals surface area (Å²) in [5, 5.41) is 16.3. The second kappa shape index (κ2) is 9.68. The Bertz CT molecular complexity index is 1660. The number of rotatable bonds is 5. The summed E-state index contributed by atoms with van der Waals surface area (Å²) in [6.45, 7) is 0.658. The van der Waals surface area contributed by atoms with Crippen molar-refractivity contribution >= 4 is 62.5 Å². The van der Waals surface area contributed by atoms with Crippen LogP contribution in [0.1, 0.15) is 11.1 Å². The maximum Gasteiger partial charge on any atom is 0.266 e. The largest absolute Gasteiger partial charge is 0.342 e. The molecule has 1 N–H and O–H groups in total. The maximum absolute atomic E-state index is 12.9. The third-order valence-corrected chi connectivity index (χ3v) is 6.67. The summed E-state index contributed by atoms with van der Waals surface area (Å²) in [6, 6.07) is 29.6. The molecule has 1 amide bonds. The number of hydrogen-bond donors (Lipinski definition) is 1. The summed E-state index contributed by atoms with van der Waals surface area (Å²) in [4.78, 5) is 12.9. The highest BCUT2D eigenvalue weighted by molar-refractivity contribution is 6.44. The van der Waals surface area contributed by atoms with E-state index in [2.05, 4.69) is 40.2 Å². The Morgan fingerprint density at radius 3 is 2.54 bits per heavy atom. The molecule has 5 aromatic rings. The molecule has 0 radical (unpaired) electrons. The average molecular weight is 496 g/mol. The number of amides is 1. The number of para-hydroxylation sites is 1. The number of carbonyl (C=O) groups excluding carboxylic acids is 1. The molecule has 5 rings (SSSR count). The molecule has 0 saturated carbocycles. The Morgan fingerprint density at radius 1 is 0.943 bits per heavy atom. The lowest BCUT2D eigenvalue weighted by molar-refractivity contribution is -0.112. The van der Waals surface area contributed by atoms with Crippen LogP contribution in [0.4, 0.5) is 5.69 Å². The first-order valence-electron chi connectivity index (χ1n) is 11.0. The molecule has 4 aromatic carbocycles. The highest BCUT2D eigenvalue weighted by Crippen LogP contribution is 2.30. The van der Waals surface area contributed by atoms with E-state index in [1.807, 2.05) is 48.7 Å². The first-order chi connectivity index (χ1) is 17.0. The van der Waals surface area contributed by atoms with Gasteiger partial charge in [-0.25, -0.2) is 0 Å². The summed E-state index contributed by atoms with van der Waals surface area (Å²) >= 11 is 12.2. The van der Waals surface area contributed by atoms with Gasteiger partial charge < -0.3 is 9.88 Å². The molecule has 0 spiro atoms. The fourth-order valence-electron chi connectivity index (χ4n) is 4.15. The van der Waals surface area contributed by atoms with Crippen LogP contribution in [-0.2, 0) is 11.3 Å². The van der Waals surface area contributed by atoms with Crippen molar-refractivity contribution in [3.05, 3.63) is 118 Å². The maximum atomic E-state index is 12.9. The lowest BCUT2D eigenvalue weighted by Gasteiger charge is -2.07. The monoisotopic (exact) mass is 495 g/mol. The zero-order valence-electron chi connectivity index (χ0n) is 18.5. The minimum atomic E-state index is -0.553. The summed E-state index contributed by atoms with van der Waals surface area (Å²) < 4.78 is 2.13. The van der Waals surface area contributed by atoms with Gasteiger partial charge in [-0.3, -0.25) is 4.79 Å². The van der Waals surface area contributed by atoms with Crippen LogP contribution in [0.3, 0.4) is 0 Å². The number of nitriles is 1. The smallest absolute Gasteiger partial charge is 0.266 e. The second-order valence-electron chi connectivity index (χ2n) is 8.14. The molecule has 0 aliphatic carbocycles. The zero-order chi connectivity index (χ0) is 24.4. The van der Waals surface area contributed by atoms with E-state index < -0.39 is 5.91 Å². The molecule has 6 heteroatoms. The van der Waals surface area contributed by atoms with Gasteiger partial charge in [-0.05, 0) is 46.7 Å².